The van der Waals surface area contributed by atoms with E-state index in [2.05, 4.69) is 15.3 Å². The summed E-state index contributed by atoms with van der Waals surface area (Å²) in [4.78, 5) is 18.8. The molecule has 0 radical (unpaired) electrons. The Balaban J connectivity index is 0.00000288. The topological polar surface area (TPSA) is 113 Å². The lowest BCUT2D eigenvalue weighted by Crippen LogP contribution is -2.36. The molecule has 5 N–H and O–H groups in total. The molecular weight excluding hydrogens is 355 g/mol. The van der Waals surface area contributed by atoms with Gasteiger partial charge in [-0.25, -0.2) is 0 Å². The summed E-state index contributed by atoms with van der Waals surface area (Å²) in [5.41, 5.74) is 6.44. The second-order valence-electron chi connectivity index (χ2n) is 4.86. The van der Waals surface area contributed by atoms with Gasteiger partial charge in [0.2, 0.25) is 0 Å². The molecule has 2 rings (SSSR count). The third kappa shape index (κ3) is 4.77. The molecule has 0 aliphatic carbocycles. The summed E-state index contributed by atoms with van der Waals surface area (Å²) in [6, 6.07) is 5.09. The van der Waals surface area contributed by atoms with E-state index in [4.69, 9.17) is 27.2 Å². The molecule has 1 aromatic heterocycles. The van der Waals surface area contributed by atoms with Gasteiger partial charge in [-0.2, -0.15) is 0 Å². The van der Waals surface area contributed by atoms with Crippen molar-refractivity contribution in [3.05, 3.63) is 28.9 Å². The number of guanidine groups is 1. The molecule has 0 unspecified atom stereocenters. The number of hydrogen-bond donors (Lipinski definition) is 4. The van der Waals surface area contributed by atoms with Gasteiger partial charge < -0.3 is 20.6 Å². The molecule has 0 spiro atoms. The zero-order valence-corrected chi connectivity index (χ0v) is 14.7. The normalized spacial score (nSPS) is 11.2. The summed E-state index contributed by atoms with van der Waals surface area (Å²) in [5, 5.41) is 12.4. The first-order chi connectivity index (χ1) is 11.1. The first-order valence-electron chi connectivity index (χ1n) is 7.15. The number of unbranched alkanes of at least 4 members (excludes halogenated alkanes) is 1. The van der Waals surface area contributed by atoms with Crippen LogP contribution in [0.1, 0.15) is 23.3 Å². The number of carbonyl (C=O) groups is 1. The van der Waals surface area contributed by atoms with Crippen molar-refractivity contribution in [2.24, 2.45) is 10.7 Å². The van der Waals surface area contributed by atoms with Crippen molar-refractivity contribution in [1.29, 1.82) is 0 Å². The number of amides is 1. The number of aliphatic hydroxyl groups is 1. The van der Waals surface area contributed by atoms with Crippen LogP contribution in [0.5, 0.6) is 5.75 Å². The van der Waals surface area contributed by atoms with Crippen LogP contribution in [0.25, 0.3) is 10.9 Å². The Bertz CT molecular complexity index is 731. The third-order valence-electron chi connectivity index (χ3n) is 3.24. The number of hydrogen-bond acceptors (Lipinski definition) is 4. The molecule has 1 amide bonds. The van der Waals surface area contributed by atoms with Gasteiger partial charge in [0.05, 0.1) is 17.1 Å². The Labute approximate surface area is 150 Å². The molecule has 1 heterocycles. The van der Waals surface area contributed by atoms with Crippen molar-refractivity contribution in [3.63, 3.8) is 0 Å². The van der Waals surface area contributed by atoms with Crippen LogP contribution in [0, 0.1) is 0 Å². The SMILES string of the molecule is CN=C(N)NC(=O)c1cc2c(Cl)ccc(OCCCCO)c2[nH]1.Cl. The fourth-order valence-corrected chi connectivity index (χ4v) is 2.25. The highest BCUT2D eigenvalue weighted by Crippen LogP contribution is 2.32. The smallest absolute Gasteiger partial charge is 0.274 e. The highest BCUT2D eigenvalue weighted by atomic mass is 35.5. The van der Waals surface area contributed by atoms with Crippen LogP contribution in [0.4, 0.5) is 0 Å². The maximum Gasteiger partial charge on any atom is 0.274 e. The summed E-state index contributed by atoms with van der Waals surface area (Å²) >= 11 is 6.18. The number of aromatic nitrogens is 1. The van der Waals surface area contributed by atoms with E-state index in [1.54, 1.807) is 18.2 Å². The van der Waals surface area contributed by atoms with Crippen LogP contribution < -0.4 is 15.8 Å². The number of benzene rings is 1. The molecule has 1 aromatic carbocycles. The molecule has 0 fully saturated rings. The van der Waals surface area contributed by atoms with Gasteiger partial charge in [0.1, 0.15) is 11.4 Å². The first kappa shape index (κ1) is 20.1. The van der Waals surface area contributed by atoms with Gasteiger partial charge in [-0.3, -0.25) is 15.1 Å². The number of aliphatic hydroxyl groups excluding tert-OH is 1. The van der Waals surface area contributed by atoms with Crippen molar-refractivity contribution in [2.45, 2.75) is 12.8 Å². The second-order valence-corrected chi connectivity index (χ2v) is 5.27. The van der Waals surface area contributed by atoms with Crippen LogP contribution in [0.3, 0.4) is 0 Å². The number of rotatable bonds is 6. The van der Waals surface area contributed by atoms with Gasteiger partial charge in [-0.1, -0.05) is 11.6 Å². The molecule has 0 saturated carbocycles. The molecule has 0 aliphatic rings. The molecule has 0 aliphatic heterocycles. The lowest BCUT2D eigenvalue weighted by atomic mass is 10.2. The van der Waals surface area contributed by atoms with Crippen molar-refractivity contribution in [1.82, 2.24) is 10.3 Å². The molecule has 9 heteroatoms. The Morgan fingerprint density at radius 1 is 1.46 bits per heavy atom. The maximum atomic E-state index is 12.1. The van der Waals surface area contributed by atoms with Crippen molar-refractivity contribution < 1.29 is 14.6 Å². The van der Waals surface area contributed by atoms with Crippen LogP contribution in [0.15, 0.2) is 23.2 Å². The Hall–Kier alpha value is -1.96. The predicted octanol–water partition coefficient (Wildman–Crippen LogP) is 2.07. The average Bonchev–Trinajstić information content (AvgIpc) is 2.99. The Morgan fingerprint density at radius 2 is 2.21 bits per heavy atom. The minimum Gasteiger partial charge on any atom is -0.491 e. The number of nitrogens with two attached hydrogens (primary N) is 1. The van der Waals surface area contributed by atoms with E-state index < -0.39 is 5.91 Å². The molecular formula is C15H20Cl2N4O3. The van der Waals surface area contributed by atoms with Gasteiger partial charge in [-0.15, -0.1) is 12.4 Å². The quantitative estimate of drug-likeness (QED) is 0.352. The predicted molar refractivity (Wildman–Crippen MR) is 97.4 cm³/mol. The molecule has 0 bridgehead atoms. The van der Waals surface area contributed by atoms with Crippen LogP contribution in [0.2, 0.25) is 5.02 Å². The summed E-state index contributed by atoms with van der Waals surface area (Å²) in [5.74, 6) is 0.213. The molecule has 7 nitrogen and oxygen atoms in total. The number of carbonyl (C=O) groups excluding carboxylic acids is 1. The van der Waals surface area contributed by atoms with Gasteiger partial charge in [0.25, 0.3) is 5.91 Å². The molecule has 0 saturated heterocycles. The zero-order chi connectivity index (χ0) is 16.8. The fourth-order valence-electron chi connectivity index (χ4n) is 2.04. The van der Waals surface area contributed by atoms with E-state index in [9.17, 15) is 4.79 Å². The summed E-state index contributed by atoms with van der Waals surface area (Å²) in [6.45, 7) is 0.597. The van der Waals surface area contributed by atoms with Gasteiger partial charge in [0.15, 0.2) is 5.96 Å². The van der Waals surface area contributed by atoms with Crippen LogP contribution in [-0.2, 0) is 0 Å². The second kappa shape index (κ2) is 9.36. The van der Waals surface area contributed by atoms with E-state index in [0.29, 0.717) is 40.4 Å². The standard InChI is InChI=1S/C15H19ClN4O3.ClH/c1-18-15(17)20-14(22)11-8-9-10(16)4-5-12(13(9)19-11)23-7-3-2-6-21;/h4-5,8,19,21H,2-3,6-7H2,1H3,(H3,17,18,20,22);1H. The summed E-state index contributed by atoms with van der Waals surface area (Å²) in [7, 11) is 1.48. The van der Waals surface area contributed by atoms with Crippen LogP contribution >= 0.6 is 24.0 Å². The number of ether oxygens (including phenoxy) is 1. The number of fused-ring (bicyclic) bond motifs is 1. The van der Waals surface area contributed by atoms with E-state index in [1.165, 1.54) is 7.05 Å². The average molecular weight is 375 g/mol. The van der Waals surface area contributed by atoms with Crippen molar-refractivity contribution in [3.8, 4) is 5.75 Å². The zero-order valence-electron chi connectivity index (χ0n) is 13.1. The number of nitrogens with zero attached hydrogens (tertiary/aromatic N) is 1. The van der Waals surface area contributed by atoms with Crippen LogP contribution in [-0.4, -0.2) is 42.2 Å². The number of nitrogens with one attached hydrogen (secondary N) is 2. The minimum atomic E-state index is -0.411. The Morgan fingerprint density at radius 3 is 2.88 bits per heavy atom. The van der Waals surface area contributed by atoms with E-state index in [1.807, 2.05) is 0 Å². The first-order valence-corrected chi connectivity index (χ1v) is 7.53. The number of H-pyrrole nitrogens is 1. The fraction of sp³-hybridized carbons (Fsp3) is 0.333. The van der Waals surface area contributed by atoms with Gasteiger partial charge in [-0.05, 0) is 31.0 Å². The summed E-state index contributed by atoms with van der Waals surface area (Å²) in [6.07, 6.45) is 1.41. The molecule has 0 atom stereocenters. The largest absolute Gasteiger partial charge is 0.491 e. The Kier molecular flexibility index (Phi) is 7.84. The van der Waals surface area contributed by atoms with E-state index in [-0.39, 0.29) is 25.0 Å². The van der Waals surface area contributed by atoms with E-state index >= 15 is 0 Å². The number of halogens is 2. The highest BCUT2D eigenvalue weighted by molar-refractivity contribution is 6.35. The maximum absolute atomic E-state index is 12.1. The number of aliphatic imine (C=N–C) groups is 1. The third-order valence-corrected chi connectivity index (χ3v) is 3.57. The lowest BCUT2D eigenvalue weighted by Gasteiger charge is -2.07. The highest BCUT2D eigenvalue weighted by Gasteiger charge is 2.15. The van der Waals surface area contributed by atoms with Gasteiger partial charge >= 0.3 is 0 Å². The molecule has 132 valence electrons. The van der Waals surface area contributed by atoms with Crippen molar-refractivity contribution >= 4 is 46.8 Å². The van der Waals surface area contributed by atoms with Gasteiger partial charge in [0, 0.05) is 19.0 Å². The molecule has 2 aromatic rings. The minimum absolute atomic E-state index is 0. The number of aromatic amines is 1. The monoisotopic (exact) mass is 374 g/mol. The lowest BCUT2D eigenvalue weighted by molar-refractivity contribution is 0.0972. The molecule has 24 heavy (non-hydrogen) atoms. The van der Waals surface area contributed by atoms with Crippen molar-refractivity contribution in [2.75, 3.05) is 20.3 Å². The summed E-state index contributed by atoms with van der Waals surface area (Å²) < 4.78 is 5.69. The van der Waals surface area contributed by atoms with E-state index in [0.717, 1.165) is 6.42 Å².